The van der Waals surface area contributed by atoms with Gasteiger partial charge in [0.1, 0.15) is 0 Å². The molecule has 0 amide bonds. The SMILES string of the molecule is Cn1c(SCC(=O)c2ccc[nH]2)nnc1-c1cc2c(s1)CC[C@H](C(C)(C)C)C2. The van der Waals surface area contributed by atoms with Crippen LogP contribution >= 0.6 is 23.1 Å². The number of nitrogens with zero attached hydrogens (tertiary/aromatic N) is 3. The molecule has 0 unspecified atom stereocenters. The van der Waals surface area contributed by atoms with Gasteiger partial charge in [-0.25, -0.2) is 0 Å². The molecule has 0 bridgehead atoms. The maximum Gasteiger partial charge on any atom is 0.191 e. The van der Waals surface area contributed by atoms with Crippen LogP contribution in [-0.2, 0) is 19.9 Å². The Hall–Kier alpha value is -1.86. The van der Waals surface area contributed by atoms with Gasteiger partial charge >= 0.3 is 0 Å². The number of ketones is 1. The summed E-state index contributed by atoms with van der Waals surface area (Å²) in [5.41, 5.74) is 2.46. The molecule has 0 spiro atoms. The molecule has 7 heteroatoms. The normalized spacial score (nSPS) is 16.9. The topological polar surface area (TPSA) is 63.6 Å². The first kappa shape index (κ1) is 19.5. The van der Waals surface area contributed by atoms with Crippen LogP contribution in [0.25, 0.3) is 10.7 Å². The Balaban J connectivity index is 1.49. The van der Waals surface area contributed by atoms with Crippen molar-refractivity contribution < 1.29 is 4.79 Å². The molecule has 1 aliphatic carbocycles. The van der Waals surface area contributed by atoms with E-state index in [-0.39, 0.29) is 5.78 Å². The number of hydrogen-bond donors (Lipinski definition) is 1. The van der Waals surface area contributed by atoms with Gasteiger partial charge in [-0.3, -0.25) is 4.79 Å². The van der Waals surface area contributed by atoms with Crippen LogP contribution < -0.4 is 0 Å². The largest absolute Gasteiger partial charge is 0.359 e. The predicted octanol–water partition coefficient (Wildman–Crippen LogP) is 5.00. The predicted molar refractivity (Wildman–Crippen MR) is 115 cm³/mol. The molecule has 1 atom stereocenters. The summed E-state index contributed by atoms with van der Waals surface area (Å²) in [6.45, 7) is 7.03. The third kappa shape index (κ3) is 3.82. The number of nitrogens with one attached hydrogen (secondary N) is 1. The lowest BCUT2D eigenvalue weighted by molar-refractivity contribution is 0.101. The summed E-state index contributed by atoms with van der Waals surface area (Å²) in [6, 6.07) is 5.94. The monoisotopic (exact) mass is 414 g/mol. The molecule has 0 radical (unpaired) electrons. The van der Waals surface area contributed by atoms with Crippen LogP contribution in [0.4, 0.5) is 0 Å². The standard InChI is InChI=1S/C21H26N4OS2/c1-21(2,3)14-7-8-17-13(10-14)11-18(28-17)19-23-24-20(25(19)4)27-12-16(26)15-6-5-9-22-15/h5-6,9,11,14,22H,7-8,10,12H2,1-4H3/t14-/m0/s1. The first-order valence-electron chi connectivity index (χ1n) is 9.63. The number of aromatic amines is 1. The van der Waals surface area contributed by atoms with Gasteiger partial charge < -0.3 is 9.55 Å². The molecule has 0 saturated carbocycles. The number of thiophene rings is 1. The van der Waals surface area contributed by atoms with Crippen molar-refractivity contribution in [1.29, 1.82) is 0 Å². The van der Waals surface area contributed by atoms with Gasteiger partial charge in [0.25, 0.3) is 0 Å². The lowest BCUT2D eigenvalue weighted by atomic mass is 9.72. The Labute approximate surface area is 174 Å². The molecule has 0 aromatic carbocycles. The zero-order chi connectivity index (χ0) is 19.9. The fourth-order valence-corrected chi connectivity index (χ4v) is 5.76. The highest BCUT2D eigenvalue weighted by Crippen LogP contribution is 2.42. The first-order chi connectivity index (χ1) is 13.3. The van der Waals surface area contributed by atoms with Gasteiger partial charge in [-0.15, -0.1) is 21.5 Å². The van der Waals surface area contributed by atoms with Crippen LogP contribution in [0.1, 0.15) is 48.1 Å². The van der Waals surface area contributed by atoms with E-state index >= 15 is 0 Å². The van der Waals surface area contributed by atoms with Gasteiger partial charge in [0.2, 0.25) is 0 Å². The number of H-pyrrole nitrogens is 1. The van der Waals surface area contributed by atoms with Crippen LogP contribution in [0.5, 0.6) is 0 Å². The minimum absolute atomic E-state index is 0.0689. The lowest BCUT2D eigenvalue weighted by Gasteiger charge is -2.33. The molecule has 28 heavy (non-hydrogen) atoms. The van der Waals surface area contributed by atoms with Crippen molar-refractivity contribution in [3.05, 3.63) is 40.5 Å². The molecule has 3 aromatic heterocycles. The van der Waals surface area contributed by atoms with Crippen LogP contribution in [0.2, 0.25) is 0 Å². The zero-order valence-corrected chi connectivity index (χ0v) is 18.4. The highest BCUT2D eigenvalue weighted by molar-refractivity contribution is 7.99. The summed E-state index contributed by atoms with van der Waals surface area (Å²) in [6.07, 6.45) is 5.34. The van der Waals surface area contributed by atoms with Crippen LogP contribution in [0, 0.1) is 11.3 Å². The Morgan fingerprint density at radius 1 is 1.39 bits per heavy atom. The second kappa shape index (κ2) is 7.52. The fourth-order valence-electron chi connectivity index (χ4n) is 3.74. The number of carbonyl (C=O) groups excluding carboxylic acids is 1. The van der Waals surface area contributed by atoms with Crippen molar-refractivity contribution in [3.8, 4) is 10.7 Å². The average Bonchev–Trinajstić information content (AvgIpc) is 3.38. The molecule has 0 fully saturated rings. The Kier molecular flexibility index (Phi) is 5.22. The number of aromatic nitrogens is 4. The molecule has 3 heterocycles. The summed E-state index contributed by atoms with van der Waals surface area (Å²) < 4.78 is 2.01. The zero-order valence-electron chi connectivity index (χ0n) is 16.8. The molecule has 4 rings (SSSR count). The Morgan fingerprint density at radius 3 is 2.93 bits per heavy atom. The number of hydrogen-bond acceptors (Lipinski definition) is 5. The summed E-state index contributed by atoms with van der Waals surface area (Å²) in [5, 5.41) is 9.52. The molecule has 5 nitrogen and oxygen atoms in total. The minimum Gasteiger partial charge on any atom is -0.359 e. The van der Waals surface area contributed by atoms with E-state index in [1.807, 2.05) is 29.0 Å². The van der Waals surface area contributed by atoms with Crippen LogP contribution in [0.3, 0.4) is 0 Å². The van der Waals surface area contributed by atoms with Crippen molar-refractivity contribution in [3.63, 3.8) is 0 Å². The van der Waals surface area contributed by atoms with Gasteiger partial charge in [0, 0.05) is 18.1 Å². The Bertz CT molecular complexity index is 979. The molecule has 0 aliphatic heterocycles. The number of fused-ring (bicyclic) bond motifs is 1. The molecule has 0 saturated heterocycles. The van der Waals surface area contributed by atoms with E-state index in [9.17, 15) is 4.79 Å². The van der Waals surface area contributed by atoms with E-state index in [4.69, 9.17) is 0 Å². The number of thioether (sulfide) groups is 1. The van der Waals surface area contributed by atoms with Gasteiger partial charge in [0.15, 0.2) is 16.8 Å². The number of rotatable bonds is 5. The third-order valence-corrected chi connectivity index (χ3v) is 7.85. The molecular weight excluding hydrogens is 388 g/mol. The quantitative estimate of drug-likeness (QED) is 0.471. The van der Waals surface area contributed by atoms with Crippen molar-refractivity contribution in [2.75, 3.05) is 5.75 Å². The second-order valence-corrected chi connectivity index (χ2v) is 10.6. The highest BCUT2D eigenvalue weighted by atomic mass is 32.2. The van der Waals surface area contributed by atoms with E-state index in [2.05, 4.69) is 42.0 Å². The molecule has 1 aliphatic rings. The maximum absolute atomic E-state index is 12.2. The minimum atomic E-state index is 0.0689. The van der Waals surface area contributed by atoms with E-state index in [0.29, 0.717) is 16.9 Å². The van der Waals surface area contributed by atoms with E-state index < -0.39 is 0 Å². The van der Waals surface area contributed by atoms with Crippen molar-refractivity contribution in [1.82, 2.24) is 19.7 Å². The van der Waals surface area contributed by atoms with E-state index in [1.54, 1.807) is 12.3 Å². The number of aryl methyl sites for hydroxylation is 1. The Morgan fingerprint density at radius 2 is 2.21 bits per heavy atom. The van der Waals surface area contributed by atoms with E-state index in [0.717, 1.165) is 29.7 Å². The maximum atomic E-state index is 12.2. The third-order valence-electron chi connectivity index (χ3n) is 5.59. The van der Waals surface area contributed by atoms with Crippen LogP contribution in [0.15, 0.2) is 29.6 Å². The lowest BCUT2D eigenvalue weighted by Crippen LogP contribution is -2.26. The summed E-state index contributed by atoms with van der Waals surface area (Å²) in [5.74, 6) is 2.04. The van der Waals surface area contributed by atoms with Crippen LogP contribution in [-0.4, -0.2) is 31.3 Å². The van der Waals surface area contributed by atoms with Gasteiger partial charge in [-0.05, 0) is 54.4 Å². The molecule has 148 valence electrons. The average molecular weight is 415 g/mol. The van der Waals surface area contributed by atoms with Gasteiger partial charge in [-0.1, -0.05) is 32.5 Å². The molecule has 3 aromatic rings. The van der Waals surface area contributed by atoms with Crippen molar-refractivity contribution in [2.24, 2.45) is 18.4 Å². The molecular formula is C21H26N4OS2. The van der Waals surface area contributed by atoms with Crippen molar-refractivity contribution in [2.45, 2.75) is 45.2 Å². The summed E-state index contributed by atoms with van der Waals surface area (Å²) >= 11 is 3.28. The van der Waals surface area contributed by atoms with Gasteiger partial charge in [0.05, 0.1) is 16.3 Å². The summed E-state index contributed by atoms with van der Waals surface area (Å²) in [4.78, 5) is 17.8. The number of Topliss-reactive ketones (excluding diaryl/α,β-unsaturated/α-hetero) is 1. The fraction of sp³-hybridized carbons (Fsp3) is 0.476. The van der Waals surface area contributed by atoms with Gasteiger partial charge in [-0.2, -0.15) is 0 Å². The number of carbonyl (C=O) groups is 1. The second-order valence-electron chi connectivity index (χ2n) is 8.53. The van der Waals surface area contributed by atoms with Crippen molar-refractivity contribution >= 4 is 28.9 Å². The van der Waals surface area contributed by atoms with E-state index in [1.165, 1.54) is 33.5 Å². The molecule has 1 N–H and O–H groups in total. The highest BCUT2D eigenvalue weighted by Gasteiger charge is 2.30. The summed E-state index contributed by atoms with van der Waals surface area (Å²) in [7, 11) is 1.98. The first-order valence-corrected chi connectivity index (χ1v) is 11.4. The smallest absolute Gasteiger partial charge is 0.191 e.